The highest BCUT2D eigenvalue weighted by Gasteiger charge is 2.32. The molecule has 7 nitrogen and oxygen atoms in total. The van der Waals surface area contributed by atoms with Gasteiger partial charge < -0.3 is 19.8 Å². The number of nitrogens with zero attached hydrogens (tertiary/aromatic N) is 3. The predicted molar refractivity (Wildman–Crippen MR) is 72.3 cm³/mol. The second kappa shape index (κ2) is 5.41. The highest BCUT2D eigenvalue weighted by molar-refractivity contribution is 5.92. The van der Waals surface area contributed by atoms with E-state index < -0.39 is 5.97 Å². The molecule has 2 N–H and O–H groups in total. The van der Waals surface area contributed by atoms with Gasteiger partial charge in [-0.3, -0.25) is 4.90 Å². The first-order valence-electron chi connectivity index (χ1n) is 6.93. The van der Waals surface area contributed by atoms with Gasteiger partial charge in [-0.1, -0.05) is 0 Å². The van der Waals surface area contributed by atoms with Crippen molar-refractivity contribution in [2.45, 2.75) is 31.5 Å². The Morgan fingerprint density at radius 1 is 1.65 bits per heavy atom. The number of nitrogen functional groups attached to an aromatic ring is 1. The van der Waals surface area contributed by atoms with Crippen LogP contribution in [-0.4, -0.2) is 59.4 Å². The average molecular weight is 280 g/mol. The van der Waals surface area contributed by atoms with Crippen molar-refractivity contribution in [1.82, 2.24) is 14.5 Å². The van der Waals surface area contributed by atoms with E-state index in [1.54, 1.807) is 10.9 Å². The molecule has 3 rings (SSSR count). The van der Waals surface area contributed by atoms with Gasteiger partial charge in [0.15, 0.2) is 5.69 Å². The minimum Gasteiger partial charge on any atom is -0.464 e. The summed E-state index contributed by atoms with van der Waals surface area (Å²) in [6.45, 7) is 3.45. The summed E-state index contributed by atoms with van der Waals surface area (Å²) < 4.78 is 12.3. The molecule has 2 fully saturated rings. The van der Waals surface area contributed by atoms with E-state index >= 15 is 0 Å². The van der Waals surface area contributed by atoms with Crippen LogP contribution in [0.3, 0.4) is 0 Å². The fraction of sp³-hybridized carbons (Fsp3) is 0.692. The van der Waals surface area contributed by atoms with Gasteiger partial charge in [0.25, 0.3) is 0 Å². The Balaban J connectivity index is 1.66. The number of hydrogen-bond donors (Lipinski definition) is 1. The quantitative estimate of drug-likeness (QED) is 0.792. The first-order chi connectivity index (χ1) is 9.69. The molecule has 0 aromatic carbocycles. The number of nitrogens with two attached hydrogens (primary N) is 1. The van der Waals surface area contributed by atoms with Crippen molar-refractivity contribution in [3.05, 3.63) is 12.0 Å². The van der Waals surface area contributed by atoms with Crippen molar-refractivity contribution in [3.63, 3.8) is 0 Å². The van der Waals surface area contributed by atoms with Crippen LogP contribution >= 0.6 is 0 Å². The zero-order chi connectivity index (χ0) is 14.1. The Hall–Kier alpha value is -1.60. The molecule has 2 atom stereocenters. The number of carbonyl (C=O) groups excluding carboxylic acids is 1. The van der Waals surface area contributed by atoms with Gasteiger partial charge in [0.1, 0.15) is 5.82 Å². The molecule has 1 aromatic heterocycles. The van der Waals surface area contributed by atoms with Crippen molar-refractivity contribution < 1.29 is 14.3 Å². The summed E-state index contributed by atoms with van der Waals surface area (Å²) in [6, 6.07) is 0.581. The summed E-state index contributed by atoms with van der Waals surface area (Å²) >= 11 is 0. The van der Waals surface area contributed by atoms with Crippen LogP contribution in [0.5, 0.6) is 0 Å². The zero-order valence-electron chi connectivity index (χ0n) is 11.6. The second-order valence-corrected chi connectivity index (χ2v) is 5.37. The molecule has 2 unspecified atom stereocenters. The zero-order valence-corrected chi connectivity index (χ0v) is 11.6. The molecule has 0 spiro atoms. The normalized spacial score (nSPS) is 26.4. The van der Waals surface area contributed by atoms with E-state index in [9.17, 15) is 4.79 Å². The molecule has 1 aromatic rings. The topological polar surface area (TPSA) is 82.6 Å². The third-order valence-electron chi connectivity index (χ3n) is 4.12. The summed E-state index contributed by atoms with van der Waals surface area (Å²) in [7, 11) is 1.32. The molecule has 3 heterocycles. The van der Waals surface area contributed by atoms with E-state index in [-0.39, 0.29) is 11.8 Å². The van der Waals surface area contributed by atoms with Gasteiger partial charge in [-0.05, 0) is 19.4 Å². The lowest BCUT2D eigenvalue weighted by Crippen LogP contribution is -2.47. The highest BCUT2D eigenvalue weighted by Crippen LogP contribution is 2.24. The fourth-order valence-electron chi connectivity index (χ4n) is 3.01. The van der Waals surface area contributed by atoms with E-state index in [2.05, 4.69) is 14.6 Å². The lowest BCUT2D eigenvalue weighted by Gasteiger charge is -2.35. The van der Waals surface area contributed by atoms with Crippen molar-refractivity contribution in [2.24, 2.45) is 0 Å². The molecule has 0 aliphatic carbocycles. The van der Waals surface area contributed by atoms with Crippen molar-refractivity contribution in [2.75, 3.05) is 32.5 Å². The number of carbonyl (C=O) groups is 1. The lowest BCUT2D eigenvalue weighted by atomic mass is 10.2. The van der Waals surface area contributed by atoms with Crippen LogP contribution in [0.1, 0.15) is 23.3 Å². The number of ether oxygens (including phenoxy) is 2. The molecule has 0 saturated carbocycles. The monoisotopic (exact) mass is 280 g/mol. The maximum Gasteiger partial charge on any atom is 0.360 e. The molecule has 2 aliphatic rings. The number of methoxy groups -OCH3 is 1. The van der Waals surface area contributed by atoms with Gasteiger partial charge in [-0.15, -0.1) is 0 Å². The number of rotatable bonds is 3. The first kappa shape index (κ1) is 13.4. The molecular formula is C13H20N4O3. The number of morpholine rings is 1. The van der Waals surface area contributed by atoms with Gasteiger partial charge in [0.05, 0.1) is 32.7 Å². The highest BCUT2D eigenvalue weighted by atomic mass is 16.5. The maximum absolute atomic E-state index is 11.5. The van der Waals surface area contributed by atoms with Crippen LogP contribution in [-0.2, 0) is 16.0 Å². The second-order valence-electron chi connectivity index (χ2n) is 5.37. The van der Waals surface area contributed by atoms with Gasteiger partial charge >= 0.3 is 5.97 Å². The largest absolute Gasteiger partial charge is 0.464 e. The minimum absolute atomic E-state index is 0.0892. The van der Waals surface area contributed by atoms with Crippen LogP contribution in [0.15, 0.2) is 6.33 Å². The summed E-state index contributed by atoms with van der Waals surface area (Å²) in [5.74, 6) is -0.172. The van der Waals surface area contributed by atoms with Gasteiger partial charge in [0.2, 0.25) is 0 Å². The lowest BCUT2D eigenvalue weighted by molar-refractivity contribution is -0.0549. The fourth-order valence-corrected chi connectivity index (χ4v) is 3.01. The predicted octanol–water partition coefficient (Wildman–Crippen LogP) is 0.115. The number of hydrogen-bond acceptors (Lipinski definition) is 6. The Bertz CT molecular complexity index is 502. The Labute approximate surface area is 117 Å². The standard InChI is InChI=1S/C13H20N4O3/c1-19-13(18)11-12(14)17(8-15-11)6-10-5-16-4-2-3-9(16)7-20-10/h8-10H,2-7,14H2,1H3. The number of anilines is 1. The molecule has 7 heteroatoms. The van der Waals surface area contributed by atoms with Crippen LogP contribution in [0.2, 0.25) is 0 Å². The van der Waals surface area contributed by atoms with E-state index in [0.29, 0.717) is 18.4 Å². The Morgan fingerprint density at radius 3 is 3.30 bits per heavy atom. The van der Waals surface area contributed by atoms with E-state index in [1.165, 1.54) is 20.0 Å². The molecule has 2 saturated heterocycles. The van der Waals surface area contributed by atoms with Crippen molar-refractivity contribution in [3.8, 4) is 0 Å². The van der Waals surface area contributed by atoms with Crippen molar-refractivity contribution in [1.29, 1.82) is 0 Å². The molecular weight excluding hydrogens is 260 g/mol. The van der Waals surface area contributed by atoms with Gasteiger partial charge in [0, 0.05) is 12.6 Å². The third kappa shape index (κ3) is 2.38. The molecule has 2 aliphatic heterocycles. The number of aromatic nitrogens is 2. The van der Waals surface area contributed by atoms with E-state index in [4.69, 9.17) is 10.5 Å². The first-order valence-corrected chi connectivity index (χ1v) is 6.93. The smallest absolute Gasteiger partial charge is 0.360 e. The van der Waals surface area contributed by atoms with Crippen LogP contribution in [0, 0.1) is 0 Å². The minimum atomic E-state index is -0.509. The number of fused-ring (bicyclic) bond motifs is 1. The maximum atomic E-state index is 11.5. The summed E-state index contributed by atoms with van der Waals surface area (Å²) in [6.07, 6.45) is 4.14. The Kier molecular flexibility index (Phi) is 3.62. The molecule has 20 heavy (non-hydrogen) atoms. The van der Waals surface area contributed by atoms with Crippen molar-refractivity contribution >= 4 is 11.8 Å². The summed E-state index contributed by atoms with van der Waals surface area (Å²) in [5, 5.41) is 0. The third-order valence-corrected chi connectivity index (χ3v) is 4.12. The van der Waals surface area contributed by atoms with E-state index in [0.717, 1.165) is 19.7 Å². The summed E-state index contributed by atoms with van der Waals surface area (Å²) in [5.41, 5.74) is 6.10. The number of esters is 1. The van der Waals surface area contributed by atoms with Crippen LogP contribution in [0.4, 0.5) is 5.82 Å². The van der Waals surface area contributed by atoms with Crippen LogP contribution < -0.4 is 5.73 Å². The Morgan fingerprint density at radius 2 is 2.50 bits per heavy atom. The summed E-state index contributed by atoms with van der Waals surface area (Å²) in [4.78, 5) is 18.0. The molecule has 110 valence electrons. The van der Waals surface area contributed by atoms with Gasteiger partial charge in [-0.2, -0.15) is 0 Å². The SMILES string of the molecule is COC(=O)c1ncn(CC2CN3CCCC3CO2)c1N. The van der Waals surface area contributed by atoms with Crippen LogP contribution in [0.25, 0.3) is 0 Å². The van der Waals surface area contributed by atoms with Gasteiger partial charge in [-0.25, -0.2) is 9.78 Å². The molecule has 0 amide bonds. The number of imidazole rings is 1. The molecule has 0 bridgehead atoms. The molecule has 0 radical (unpaired) electrons. The van der Waals surface area contributed by atoms with E-state index in [1.807, 2.05) is 0 Å². The average Bonchev–Trinajstić information content (AvgIpc) is 3.05.